The standard InChI is InChI=1S/C15H30F2N4/c1-15(2,18-3-9-20(16,10-4-18)11-5-18)19-6-12-21(17,13-7-19)14-8-19/h3-14H2,1-2H3/q+4. The lowest BCUT2D eigenvalue weighted by molar-refractivity contribution is -1.25. The molecule has 6 fully saturated rings. The smallest absolute Gasteiger partial charge is 0.221 e. The van der Waals surface area contributed by atoms with Crippen molar-refractivity contribution in [2.75, 3.05) is 78.5 Å². The Morgan fingerprint density at radius 3 is 1.00 bits per heavy atom. The van der Waals surface area contributed by atoms with Crippen LogP contribution in [0.2, 0.25) is 0 Å². The van der Waals surface area contributed by atoms with Crippen LogP contribution in [0.15, 0.2) is 0 Å². The molecule has 4 nitrogen and oxygen atoms in total. The second-order valence-electron chi connectivity index (χ2n) is 8.53. The van der Waals surface area contributed by atoms with E-state index in [2.05, 4.69) is 13.8 Å². The number of hydrogen-bond acceptors (Lipinski definition) is 0. The highest BCUT2D eigenvalue weighted by atomic mass is 19.2. The Bertz CT molecular complexity index is 376. The second kappa shape index (κ2) is 3.96. The van der Waals surface area contributed by atoms with Crippen LogP contribution in [-0.2, 0) is 0 Å². The summed E-state index contributed by atoms with van der Waals surface area (Å²) in [6, 6.07) is 0. The summed E-state index contributed by atoms with van der Waals surface area (Å²) in [4.78, 5) is 0. The highest BCUT2D eigenvalue weighted by molar-refractivity contribution is 4.73. The highest BCUT2D eigenvalue weighted by Crippen LogP contribution is 2.44. The molecule has 0 aromatic carbocycles. The monoisotopic (exact) mass is 304 g/mol. The van der Waals surface area contributed by atoms with Gasteiger partial charge in [-0.1, -0.05) is 0 Å². The first-order valence-electron chi connectivity index (χ1n) is 8.58. The lowest BCUT2D eigenvalue weighted by atomic mass is 9.94. The Morgan fingerprint density at radius 2 is 0.762 bits per heavy atom. The summed E-state index contributed by atoms with van der Waals surface area (Å²) >= 11 is 0. The molecule has 0 spiro atoms. The van der Waals surface area contributed by atoms with Gasteiger partial charge in [-0.15, -0.1) is 9.41 Å². The van der Waals surface area contributed by atoms with Crippen molar-refractivity contribution in [1.29, 1.82) is 0 Å². The molecule has 6 heteroatoms. The van der Waals surface area contributed by atoms with Gasteiger partial charge in [0.25, 0.3) is 0 Å². The van der Waals surface area contributed by atoms with E-state index >= 15 is 0 Å². The number of nitrogens with zero attached hydrogens (tertiary/aromatic N) is 4. The molecular weight excluding hydrogens is 274 g/mol. The van der Waals surface area contributed by atoms with E-state index < -0.39 is 0 Å². The maximum absolute atomic E-state index is 14.4. The van der Waals surface area contributed by atoms with Crippen LogP contribution in [0.4, 0.5) is 8.96 Å². The average molecular weight is 304 g/mol. The minimum Gasteiger partial charge on any atom is -0.259 e. The molecule has 0 N–H and O–H groups in total. The first-order chi connectivity index (χ1) is 9.74. The summed E-state index contributed by atoms with van der Waals surface area (Å²) in [5, 5.41) is 0. The maximum Gasteiger partial charge on any atom is 0.221 e. The van der Waals surface area contributed by atoms with Crippen molar-refractivity contribution in [3.05, 3.63) is 0 Å². The molecule has 0 atom stereocenters. The molecule has 6 aliphatic rings. The fraction of sp³-hybridized carbons (Fsp3) is 1.00. The van der Waals surface area contributed by atoms with Crippen molar-refractivity contribution >= 4 is 0 Å². The first kappa shape index (κ1) is 14.3. The molecule has 0 aromatic heterocycles. The van der Waals surface area contributed by atoms with Crippen LogP contribution in [0.3, 0.4) is 0 Å². The minimum atomic E-state index is -0.208. The van der Waals surface area contributed by atoms with Crippen molar-refractivity contribution in [1.82, 2.24) is 0 Å². The average Bonchev–Trinajstić information content (AvgIpc) is 2.49. The van der Waals surface area contributed by atoms with Crippen molar-refractivity contribution in [3.63, 3.8) is 0 Å². The highest BCUT2D eigenvalue weighted by Gasteiger charge is 2.68. The van der Waals surface area contributed by atoms with Crippen LogP contribution in [0, 0.1) is 0 Å². The predicted octanol–water partition coefficient (Wildman–Crippen LogP) is 0.813. The largest absolute Gasteiger partial charge is 0.259 e. The van der Waals surface area contributed by atoms with Crippen LogP contribution >= 0.6 is 0 Å². The van der Waals surface area contributed by atoms with Crippen molar-refractivity contribution in [2.45, 2.75) is 19.5 Å². The Kier molecular flexibility index (Phi) is 2.70. The zero-order valence-electron chi connectivity index (χ0n) is 13.5. The van der Waals surface area contributed by atoms with Gasteiger partial charge < -0.3 is 0 Å². The molecule has 0 radical (unpaired) electrons. The summed E-state index contributed by atoms with van der Waals surface area (Å²) in [5.74, 6) is 0. The van der Waals surface area contributed by atoms with Gasteiger partial charge in [0.1, 0.15) is 39.3 Å². The zero-order chi connectivity index (χ0) is 15.0. The number of halogens is 2. The molecule has 6 rings (SSSR count). The summed E-state index contributed by atoms with van der Waals surface area (Å²) in [6.45, 7) is 14.6. The lowest BCUT2D eigenvalue weighted by Gasteiger charge is -2.64. The lowest BCUT2D eigenvalue weighted by Crippen LogP contribution is -2.88. The van der Waals surface area contributed by atoms with Crippen LogP contribution in [0.5, 0.6) is 0 Å². The van der Waals surface area contributed by atoms with E-state index in [0.29, 0.717) is 39.3 Å². The van der Waals surface area contributed by atoms with E-state index in [1.165, 1.54) is 0 Å². The van der Waals surface area contributed by atoms with Gasteiger partial charge >= 0.3 is 0 Å². The fourth-order valence-corrected chi connectivity index (χ4v) is 5.66. The first-order valence-corrected chi connectivity index (χ1v) is 8.58. The van der Waals surface area contributed by atoms with Crippen LogP contribution in [-0.4, -0.2) is 103 Å². The number of quaternary nitrogens is 4. The normalized spacial score (nSPS) is 53.1. The fourth-order valence-electron chi connectivity index (χ4n) is 5.66. The van der Waals surface area contributed by atoms with Gasteiger partial charge in [0, 0.05) is 13.8 Å². The van der Waals surface area contributed by atoms with Gasteiger partial charge in [-0.25, -0.2) is 0 Å². The van der Waals surface area contributed by atoms with E-state index in [9.17, 15) is 8.96 Å². The van der Waals surface area contributed by atoms with Crippen LogP contribution in [0.1, 0.15) is 13.8 Å². The zero-order valence-corrected chi connectivity index (χ0v) is 13.5. The molecule has 0 amide bonds. The van der Waals surface area contributed by atoms with Gasteiger partial charge in [0.15, 0.2) is 39.3 Å². The van der Waals surface area contributed by atoms with E-state index in [4.69, 9.17) is 0 Å². The Balaban J connectivity index is 1.65. The molecule has 0 unspecified atom stereocenters. The molecule has 0 saturated carbocycles. The van der Waals surface area contributed by atoms with Crippen molar-refractivity contribution < 1.29 is 27.3 Å². The van der Waals surface area contributed by atoms with Gasteiger partial charge in [-0.2, -0.15) is 0 Å². The molecule has 0 aliphatic carbocycles. The van der Waals surface area contributed by atoms with Gasteiger partial charge in [-0.3, -0.25) is 8.97 Å². The van der Waals surface area contributed by atoms with E-state index in [1.807, 2.05) is 0 Å². The number of hydrogen-bond donors (Lipinski definition) is 0. The van der Waals surface area contributed by atoms with Crippen molar-refractivity contribution in [3.8, 4) is 0 Å². The molecular formula is C15H30F2N4+4. The van der Waals surface area contributed by atoms with Gasteiger partial charge in [0.05, 0.1) is 0 Å². The molecule has 120 valence electrons. The van der Waals surface area contributed by atoms with Crippen LogP contribution < -0.4 is 0 Å². The van der Waals surface area contributed by atoms with Crippen molar-refractivity contribution in [2.24, 2.45) is 0 Å². The second-order valence-corrected chi connectivity index (χ2v) is 8.53. The number of rotatable bonds is 2. The predicted molar refractivity (Wildman–Crippen MR) is 75.7 cm³/mol. The van der Waals surface area contributed by atoms with Gasteiger partial charge in [-0.05, 0) is 8.96 Å². The third-order valence-electron chi connectivity index (χ3n) is 7.89. The molecule has 6 saturated heterocycles. The Labute approximate surface area is 126 Å². The van der Waals surface area contributed by atoms with E-state index in [1.54, 1.807) is 0 Å². The summed E-state index contributed by atoms with van der Waals surface area (Å²) in [5.41, 5.74) is 0.0946. The summed E-state index contributed by atoms with van der Waals surface area (Å²) in [6.07, 6.45) is 0. The SMILES string of the molecule is CC(C)([N+]12CC[N+](F)(CC1)CC2)[N+]12CC[N+](F)(CC1)CC2. The van der Waals surface area contributed by atoms with E-state index in [0.717, 1.165) is 48.2 Å². The maximum atomic E-state index is 14.4. The molecule has 21 heavy (non-hydrogen) atoms. The molecule has 0 aromatic rings. The molecule has 6 heterocycles. The number of fused-ring (bicyclic) bond motifs is 6. The summed E-state index contributed by atoms with van der Waals surface area (Å²) < 4.78 is 30.6. The third kappa shape index (κ3) is 1.73. The Hall–Kier alpha value is -0.300. The topological polar surface area (TPSA) is 0 Å². The number of piperazine rings is 6. The molecule has 4 bridgehead atoms. The van der Waals surface area contributed by atoms with Crippen LogP contribution in [0.25, 0.3) is 0 Å². The van der Waals surface area contributed by atoms with E-state index in [-0.39, 0.29) is 15.1 Å². The van der Waals surface area contributed by atoms with Gasteiger partial charge in [0.2, 0.25) is 5.66 Å². The minimum absolute atomic E-state index is 0.0946. The quantitative estimate of drug-likeness (QED) is 0.523. The summed E-state index contributed by atoms with van der Waals surface area (Å²) in [7, 11) is 0. The molecule has 6 aliphatic heterocycles. The Morgan fingerprint density at radius 1 is 0.524 bits per heavy atom. The third-order valence-corrected chi connectivity index (χ3v) is 7.89.